The van der Waals surface area contributed by atoms with Crippen molar-refractivity contribution in [2.24, 2.45) is 10.1 Å². The Kier molecular flexibility index (Phi) is 6.75. The van der Waals surface area contributed by atoms with Gasteiger partial charge in [-0.05, 0) is 43.3 Å². The van der Waals surface area contributed by atoms with Gasteiger partial charge in [0.05, 0.1) is 18.5 Å². The number of nitrogens with one attached hydrogen (secondary N) is 1. The minimum absolute atomic E-state index is 0.0231. The summed E-state index contributed by atoms with van der Waals surface area (Å²) in [4.78, 5) is 8.91. The van der Waals surface area contributed by atoms with Crippen LogP contribution in [0.3, 0.4) is 0 Å². The average Bonchev–Trinajstić information content (AvgIpc) is 2.72. The van der Waals surface area contributed by atoms with E-state index in [1.807, 2.05) is 55.5 Å². The molecular formula is C21H19BrN4O2. The van der Waals surface area contributed by atoms with Crippen molar-refractivity contribution in [3.63, 3.8) is 0 Å². The van der Waals surface area contributed by atoms with Crippen molar-refractivity contribution in [1.82, 2.24) is 10.4 Å². The molecular weight excluding hydrogens is 420 g/mol. The van der Waals surface area contributed by atoms with E-state index in [-0.39, 0.29) is 5.75 Å². The van der Waals surface area contributed by atoms with Gasteiger partial charge in [0.15, 0.2) is 17.3 Å². The maximum Gasteiger partial charge on any atom is 0.172 e. The summed E-state index contributed by atoms with van der Waals surface area (Å²) in [5, 5.41) is 14.6. The van der Waals surface area contributed by atoms with Crippen molar-refractivity contribution in [1.29, 1.82) is 0 Å². The number of phenols is 1. The summed E-state index contributed by atoms with van der Waals surface area (Å²) in [5.74, 6) is 0.902. The number of rotatable bonds is 6. The Labute approximate surface area is 171 Å². The van der Waals surface area contributed by atoms with Crippen molar-refractivity contribution in [2.75, 3.05) is 6.61 Å². The van der Waals surface area contributed by atoms with Crippen LogP contribution in [0.5, 0.6) is 11.5 Å². The fraction of sp³-hybridized carbons (Fsp3) is 0.0952. The highest BCUT2D eigenvalue weighted by Gasteiger charge is 2.09. The molecule has 0 unspecified atom stereocenters. The predicted molar refractivity (Wildman–Crippen MR) is 115 cm³/mol. The predicted octanol–water partition coefficient (Wildman–Crippen LogP) is 4.65. The second kappa shape index (κ2) is 9.66. The lowest BCUT2D eigenvalue weighted by atomic mass is 10.2. The van der Waals surface area contributed by atoms with Crippen molar-refractivity contribution in [2.45, 2.75) is 6.92 Å². The maximum absolute atomic E-state index is 10.4. The van der Waals surface area contributed by atoms with Gasteiger partial charge >= 0.3 is 0 Å². The molecule has 0 atom stereocenters. The lowest BCUT2D eigenvalue weighted by Crippen LogP contribution is -2.20. The molecule has 0 aliphatic carbocycles. The molecule has 6 nitrogen and oxygen atoms in total. The molecule has 0 radical (unpaired) electrons. The number of phenolic OH excluding ortho intramolecular Hbond substituents is 1. The van der Waals surface area contributed by atoms with E-state index in [2.05, 4.69) is 36.4 Å². The summed E-state index contributed by atoms with van der Waals surface area (Å²) < 4.78 is 6.21. The molecule has 1 heterocycles. The van der Waals surface area contributed by atoms with E-state index in [0.29, 0.717) is 29.4 Å². The van der Waals surface area contributed by atoms with Crippen molar-refractivity contribution in [3.8, 4) is 11.5 Å². The van der Waals surface area contributed by atoms with Gasteiger partial charge in [-0.2, -0.15) is 5.10 Å². The van der Waals surface area contributed by atoms with Gasteiger partial charge in [-0.3, -0.25) is 10.4 Å². The molecule has 0 saturated heterocycles. The molecule has 28 heavy (non-hydrogen) atoms. The normalized spacial score (nSPS) is 11.6. The van der Waals surface area contributed by atoms with Gasteiger partial charge in [0.25, 0.3) is 0 Å². The molecule has 0 aliphatic rings. The minimum Gasteiger partial charge on any atom is -0.504 e. The standard InChI is InChI=1S/C21H19BrN4O2/c1-2-28-19-13-16(22)12-15(20(19)27)14-24-26-21(18-10-6-7-11-23-18)25-17-8-4-3-5-9-17/h3-14,27H,2H2,1H3,(H,25,26)/b24-14+. The number of benzene rings is 2. The van der Waals surface area contributed by atoms with Gasteiger partial charge in [-0.1, -0.05) is 40.2 Å². The van der Waals surface area contributed by atoms with Crippen LogP contribution in [-0.4, -0.2) is 28.7 Å². The van der Waals surface area contributed by atoms with Crippen molar-refractivity contribution in [3.05, 3.63) is 82.6 Å². The number of aromatic hydroxyl groups is 1. The first-order valence-electron chi connectivity index (χ1n) is 8.67. The number of amidine groups is 1. The van der Waals surface area contributed by atoms with Gasteiger partial charge in [-0.25, -0.2) is 4.99 Å². The lowest BCUT2D eigenvalue weighted by molar-refractivity contribution is 0.317. The molecule has 7 heteroatoms. The van der Waals surface area contributed by atoms with Crippen LogP contribution < -0.4 is 10.2 Å². The fourth-order valence-corrected chi connectivity index (χ4v) is 2.85. The monoisotopic (exact) mass is 438 g/mol. The Morgan fingerprint density at radius 1 is 1.18 bits per heavy atom. The number of hydrazone groups is 1. The third-order valence-electron chi connectivity index (χ3n) is 3.65. The van der Waals surface area contributed by atoms with Crippen LogP contribution in [0.15, 0.2) is 81.4 Å². The highest BCUT2D eigenvalue weighted by Crippen LogP contribution is 2.32. The second-order valence-electron chi connectivity index (χ2n) is 5.66. The van der Waals surface area contributed by atoms with Crippen LogP contribution in [0.25, 0.3) is 0 Å². The Morgan fingerprint density at radius 2 is 1.96 bits per heavy atom. The van der Waals surface area contributed by atoms with Gasteiger partial charge in [0, 0.05) is 16.2 Å². The summed E-state index contributed by atoms with van der Waals surface area (Å²) in [6.07, 6.45) is 3.20. The van der Waals surface area contributed by atoms with Crippen LogP contribution >= 0.6 is 15.9 Å². The number of aliphatic imine (C=N–C) groups is 1. The molecule has 0 fully saturated rings. The van der Waals surface area contributed by atoms with Crippen LogP contribution in [-0.2, 0) is 0 Å². The number of ether oxygens (including phenoxy) is 1. The SMILES string of the molecule is CCOc1cc(Br)cc(/C=N/NC(=Nc2ccccc2)c2ccccn2)c1O. The number of nitrogens with zero attached hydrogens (tertiary/aromatic N) is 3. The smallest absolute Gasteiger partial charge is 0.172 e. The molecule has 0 amide bonds. The molecule has 142 valence electrons. The zero-order valence-electron chi connectivity index (χ0n) is 15.2. The summed E-state index contributed by atoms with van der Waals surface area (Å²) in [7, 11) is 0. The Bertz CT molecular complexity index is 976. The summed E-state index contributed by atoms with van der Waals surface area (Å²) in [5.41, 5.74) is 4.85. The van der Waals surface area contributed by atoms with Crippen LogP contribution in [0, 0.1) is 0 Å². The number of hydrogen-bond acceptors (Lipinski definition) is 5. The third kappa shape index (κ3) is 5.17. The van der Waals surface area contributed by atoms with Crippen molar-refractivity contribution >= 4 is 33.7 Å². The van der Waals surface area contributed by atoms with Crippen molar-refractivity contribution < 1.29 is 9.84 Å². The topological polar surface area (TPSA) is 79.1 Å². The molecule has 2 aromatic carbocycles. The van der Waals surface area contributed by atoms with E-state index in [1.165, 1.54) is 6.21 Å². The summed E-state index contributed by atoms with van der Waals surface area (Å²) >= 11 is 3.41. The largest absolute Gasteiger partial charge is 0.504 e. The number of pyridine rings is 1. The van der Waals surface area contributed by atoms with E-state index in [4.69, 9.17) is 4.74 Å². The van der Waals surface area contributed by atoms with E-state index in [0.717, 1.165) is 10.2 Å². The van der Waals surface area contributed by atoms with Gasteiger partial charge in [0.1, 0.15) is 5.69 Å². The van der Waals surface area contributed by atoms with Gasteiger partial charge < -0.3 is 9.84 Å². The molecule has 0 spiro atoms. The quantitative estimate of drug-likeness (QED) is 0.333. The van der Waals surface area contributed by atoms with Gasteiger partial charge in [0.2, 0.25) is 0 Å². The fourth-order valence-electron chi connectivity index (χ4n) is 2.40. The number of aromatic nitrogens is 1. The zero-order chi connectivity index (χ0) is 19.8. The van der Waals surface area contributed by atoms with Crippen LogP contribution in [0.4, 0.5) is 5.69 Å². The Morgan fingerprint density at radius 3 is 2.68 bits per heavy atom. The molecule has 0 bridgehead atoms. The van der Waals surface area contributed by atoms with Gasteiger partial charge in [-0.15, -0.1) is 0 Å². The van der Waals surface area contributed by atoms with Crippen LogP contribution in [0.1, 0.15) is 18.2 Å². The third-order valence-corrected chi connectivity index (χ3v) is 4.11. The molecule has 2 N–H and O–H groups in total. The highest BCUT2D eigenvalue weighted by atomic mass is 79.9. The molecule has 0 saturated carbocycles. The van der Waals surface area contributed by atoms with E-state index in [9.17, 15) is 5.11 Å². The highest BCUT2D eigenvalue weighted by molar-refractivity contribution is 9.10. The molecule has 0 aliphatic heterocycles. The van der Waals surface area contributed by atoms with E-state index >= 15 is 0 Å². The molecule has 3 aromatic rings. The zero-order valence-corrected chi connectivity index (χ0v) is 16.8. The van der Waals surface area contributed by atoms with E-state index in [1.54, 1.807) is 18.3 Å². The first kappa shape index (κ1) is 19.6. The van der Waals surface area contributed by atoms with Crippen LogP contribution in [0.2, 0.25) is 0 Å². The first-order valence-corrected chi connectivity index (χ1v) is 9.46. The minimum atomic E-state index is 0.0231. The number of halogens is 1. The average molecular weight is 439 g/mol. The second-order valence-corrected chi connectivity index (χ2v) is 6.57. The Hall–Kier alpha value is -3.19. The molecule has 3 rings (SSSR count). The first-order chi connectivity index (χ1) is 13.7. The number of hydrogen-bond donors (Lipinski definition) is 2. The maximum atomic E-state index is 10.4. The lowest BCUT2D eigenvalue weighted by Gasteiger charge is -2.09. The summed E-state index contributed by atoms with van der Waals surface area (Å²) in [6, 6.07) is 18.5. The molecule has 1 aromatic heterocycles. The summed E-state index contributed by atoms with van der Waals surface area (Å²) in [6.45, 7) is 2.31. The Balaban J connectivity index is 1.88. The van der Waals surface area contributed by atoms with E-state index < -0.39 is 0 Å². The number of para-hydroxylation sites is 1.